The Hall–Kier alpha value is -2.09. The summed E-state index contributed by atoms with van der Waals surface area (Å²) in [5, 5.41) is 9.96. The molecule has 0 aliphatic heterocycles. The summed E-state index contributed by atoms with van der Waals surface area (Å²) < 4.78 is 0. The average molecular weight is 224 g/mol. The Bertz CT molecular complexity index is 654. The van der Waals surface area contributed by atoms with Gasteiger partial charge in [0.2, 0.25) is 0 Å². The van der Waals surface area contributed by atoms with Crippen molar-refractivity contribution in [1.82, 2.24) is 0 Å². The second-order valence-corrected chi connectivity index (χ2v) is 4.46. The van der Waals surface area contributed by atoms with Crippen molar-refractivity contribution in [3.05, 3.63) is 52.6 Å². The van der Waals surface area contributed by atoms with Gasteiger partial charge in [0.1, 0.15) is 5.75 Å². The number of benzene rings is 2. The zero-order valence-electron chi connectivity index (χ0n) is 9.74. The van der Waals surface area contributed by atoms with E-state index in [9.17, 15) is 9.90 Å². The maximum absolute atomic E-state index is 12.2. The van der Waals surface area contributed by atoms with Gasteiger partial charge in [-0.25, -0.2) is 0 Å². The fourth-order valence-corrected chi connectivity index (χ4v) is 2.46. The fourth-order valence-electron chi connectivity index (χ4n) is 2.46. The summed E-state index contributed by atoms with van der Waals surface area (Å²) in [6.45, 7) is 4.00. The first-order valence-electron chi connectivity index (χ1n) is 5.58. The molecule has 2 heteroatoms. The lowest BCUT2D eigenvalue weighted by Crippen LogP contribution is -1.95. The van der Waals surface area contributed by atoms with Gasteiger partial charge in [0.15, 0.2) is 5.78 Å². The van der Waals surface area contributed by atoms with Crippen LogP contribution in [0.25, 0.3) is 11.1 Å². The Morgan fingerprint density at radius 1 is 0.941 bits per heavy atom. The lowest BCUT2D eigenvalue weighted by molar-refractivity contribution is 0.104. The van der Waals surface area contributed by atoms with Crippen LogP contribution in [0.15, 0.2) is 30.3 Å². The number of aryl methyl sites for hydroxylation is 1. The average Bonchev–Trinajstić information content (AvgIpc) is 2.60. The summed E-state index contributed by atoms with van der Waals surface area (Å²) in [7, 11) is 0. The molecule has 0 saturated carbocycles. The monoisotopic (exact) mass is 224 g/mol. The van der Waals surface area contributed by atoms with E-state index in [1.54, 1.807) is 18.2 Å². The zero-order valence-corrected chi connectivity index (χ0v) is 9.74. The van der Waals surface area contributed by atoms with E-state index in [0.717, 1.165) is 16.7 Å². The number of phenolic OH excluding ortho intramolecular Hbond substituents is 1. The topological polar surface area (TPSA) is 37.3 Å². The first kappa shape index (κ1) is 10.1. The van der Waals surface area contributed by atoms with E-state index in [1.807, 2.05) is 26.0 Å². The maximum atomic E-state index is 12.2. The third-order valence-electron chi connectivity index (χ3n) is 3.52. The number of fused-ring (bicyclic) bond motifs is 3. The molecule has 0 saturated heterocycles. The lowest BCUT2D eigenvalue weighted by Gasteiger charge is -2.08. The van der Waals surface area contributed by atoms with Crippen LogP contribution in [0.4, 0.5) is 0 Å². The predicted octanol–water partition coefficient (Wildman–Crippen LogP) is 3.22. The molecule has 2 aromatic rings. The van der Waals surface area contributed by atoms with Crippen molar-refractivity contribution in [2.24, 2.45) is 0 Å². The summed E-state index contributed by atoms with van der Waals surface area (Å²) in [6.07, 6.45) is 0. The van der Waals surface area contributed by atoms with E-state index >= 15 is 0 Å². The van der Waals surface area contributed by atoms with Gasteiger partial charge >= 0.3 is 0 Å². The third-order valence-corrected chi connectivity index (χ3v) is 3.52. The van der Waals surface area contributed by atoms with E-state index in [-0.39, 0.29) is 11.5 Å². The standard InChI is InChI=1S/C15H12O2/c1-8-6-7-11-13(9(8)2)14-10(15(11)17)4-3-5-12(14)16/h3-7,16H,1-2H3. The van der Waals surface area contributed by atoms with Crippen molar-refractivity contribution in [3.8, 4) is 16.9 Å². The largest absolute Gasteiger partial charge is 0.507 e. The van der Waals surface area contributed by atoms with Crippen molar-refractivity contribution < 1.29 is 9.90 Å². The third kappa shape index (κ3) is 1.18. The van der Waals surface area contributed by atoms with Gasteiger partial charge in [-0.05, 0) is 31.0 Å². The number of carbonyl (C=O) groups excluding carboxylic acids is 1. The van der Waals surface area contributed by atoms with E-state index < -0.39 is 0 Å². The molecule has 1 N–H and O–H groups in total. The molecule has 2 nitrogen and oxygen atoms in total. The molecule has 0 aromatic heterocycles. The highest BCUT2D eigenvalue weighted by Crippen LogP contribution is 2.44. The molecule has 2 aromatic carbocycles. The molecular weight excluding hydrogens is 212 g/mol. The van der Waals surface area contributed by atoms with Crippen LogP contribution in [-0.4, -0.2) is 10.9 Å². The molecule has 0 heterocycles. The molecule has 1 aliphatic carbocycles. The Morgan fingerprint density at radius 3 is 2.41 bits per heavy atom. The van der Waals surface area contributed by atoms with Gasteiger partial charge in [-0.1, -0.05) is 24.3 Å². The van der Waals surface area contributed by atoms with E-state index in [0.29, 0.717) is 16.7 Å². The second-order valence-electron chi connectivity index (χ2n) is 4.46. The minimum absolute atomic E-state index is 0.00833. The molecule has 0 fully saturated rings. The molecule has 3 rings (SSSR count). The minimum atomic E-state index is 0.00833. The molecule has 0 amide bonds. The van der Waals surface area contributed by atoms with Crippen LogP contribution in [0.3, 0.4) is 0 Å². The number of carbonyl (C=O) groups is 1. The van der Waals surface area contributed by atoms with E-state index in [4.69, 9.17) is 0 Å². The molecule has 0 bridgehead atoms. The molecule has 17 heavy (non-hydrogen) atoms. The highest BCUT2D eigenvalue weighted by atomic mass is 16.3. The SMILES string of the molecule is Cc1ccc2c(c1C)-c1c(O)cccc1C2=O. The summed E-state index contributed by atoms with van der Waals surface area (Å²) in [5.41, 5.74) is 5.08. The molecule has 1 aliphatic rings. The maximum Gasteiger partial charge on any atom is 0.194 e. The number of phenols is 1. The molecule has 0 radical (unpaired) electrons. The van der Waals surface area contributed by atoms with E-state index in [2.05, 4.69) is 0 Å². The summed E-state index contributed by atoms with van der Waals surface area (Å²) in [5.74, 6) is 0.192. The normalized spacial score (nSPS) is 12.5. The smallest absolute Gasteiger partial charge is 0.194 e. The van der Waals surface area contributed by atoms with Crippen molar-refractivity contribution in [2.45, 2.75) is 13.8 Å². The van der Waals surface area contributed by atoms with Crippen LogP contribution < -0.4 is 0 Å². The molecule has 0 atom stereocenters. The summed E-state index contributed by atoms with van der Waals surface area (Å²) in [6, 6.07) is 8.91. The van der Waals surface area contributed by atoms with Gasteiger partial charge in [-0.3, -0.25) is 4.79 Å². The second kappa shape index (κ2) is 3.20. The molecule has 0 spiro atoms. The minimum Gasteiger partial charge on any atom is -0.507 e. The Kier molecular flexibility index (Phi) is 1.90. The van der Waals surface area contributed by atoms with Crippen LogP contribution in [0.2, 0.25) is 0 Å². The van der Waals surface area contributed by atoms with Gasteiger partial charge < -0.3 is 5.11 Å². The highest BCUT2D eigenvalue weighted by Gasteiger charge is 2.30. The van der Waals surface area contributed by atoms with Crippen LogP contribution in [0.1, 0.15) is 27.0 Å². The first-order chi connectivity index (χ1) is 8.11. The summed E-state index contributed by atoms with van der Waals surface area (Å²) in [4.78, 5) is 12.2. The van der Waals surface area contributed by atoms with Crippen molar-refractivity contribution in [1.29, 1.82) is 0 Å². The predicted molar refractivity (Wildman–Crippen MR) is 66.4 cm³/mol. The molecule has 84 valence electrons. The van der Waals surface area contributed by atoms with Gasteiger partial charge in [0, 0.05) is 22.3 Å². The number of ketones is 1. The van der Waals surface area contributed by atoms with Crippen LogP contribution in [0, 0.1) is 13.8 Å². The van der Waals surface area contributed by atoms with Gasteiger partial charge in [0.05, 0.1) is 0 Å². The number of rotatable bonds is 0. The zero-order chi connectivity index (χ0) is 12.2. The van der Waals surface area contributed by atoms with Crippen molar-refractivity contribution in [3.63, 3.8) is 0 Å². The molecular formula is C15H12O2. The van der Waals surface area contributed by atoms with Crippen molar-refractivity contribution >= 4 is 5.78 Å². The lowest BCUT2D eigenvalue weighted by atomic mass is 9.96. The Balaban J connectivity index is 2.48. The van der Waals surface area contributed by atoms with Gasteiger partial charge in [0.25, 0.3) is 0 Å². The molecule has 0 unspecified atom stereocenters. The quantitative estimate of drug-likeness (QED) is 0.636. The highest BCUT2D eigenvalue weighted by molar-refractivity contribution is 6.23. The van der Waals surface area contributed by atoms with Crippen molar-refractivity contribution in [2.75, 3.05) is 0 Å². The number of hydrogen-bond acceptors (Lipinski definition) is 2. The Morgan fingerprint density at radius 2 is 1.65 bits per heavy atom. The van der Waals surface area contributed by atoms with Crippen LogP contribution in [0.5, 0.6) is 5.75 Å². The fraction of sp³-hybridized carbons (Fsp3) is 0.133. The van der Waals surface area contributed by atoms with Gasteiger partial charge in [-0.15, -0.1) is 0 Å². The number of aromatic hydroxyl groups is 1. The Labute approximate surface area is 99.5 Å². The van der Waals surface area contributed by atoms with Gasteiger partial charge in [-0.2, -0.15) is 0 Å². The van der Waals surface area contributed by atoms with E-state index in [1.165, 1.54) is 0 Å². The number of hydrogen-bond donors (Lipinski definition) is 1. The van der Waals surface area contributed by atoms with Crippen LogP contribution >= 0.6 is 0 Å². The van der Waals surface area contributed by atoms with Crippen LogP contribution in [-0.2, 0) is 0 Å². The summed E-state index contributed by atoms with van der Waals surface area (Å²) >= 11 is 0. The first-order valence-corrected chi connectivity index (χ1v) is 5.58.